The molecule has 150 valence electrons. The molecular weight excluding hydrogens is 391 g/mol. The van der Waals surface area contributed by atoms with Gasteiger partial charge in [-0.25, -0.2) is 0 Å². The zero-order valence-corrected chi connectivity index (χ0v) is 16.1. The molecule has 8 heteroatoms. The number of pyridine rings is 1. The summed E-state index contributed by atoms with van der Waals surface area (Å²) in [5, 5.41) is 6.32. The Labute approximate surface area is 167 Å². The quantitative estimate of drug-likeness (QED) is 0.779. The maximum absolute atomic E-state index is 12.8. The van der Waals surface area contributed by atoms with E-state index >= 15 is 0 Å². The Morgan fingerprint density at radius 3 is 2.43 bits per heavy atom. The van der Waals surface area contributed by atoms with E-state index in [1.165, 1.54) is 12.1 Å². The van der Waals surface area contributed by atoms with Crippen molar-refractivity contribution in [3.63, 3.8) is 0 Å². The fourth-order valence-electron chi connectivity index (χ4n) is 4.03. The first-order chi connectivity index (χ1) is 12.8. The van der Waals surface area contributed by atoms with Crippen LogP contribution in [0.3, 0.4) is 0 Å². The molecule has 0 saturated carbocycles. The zero-order valence-electron chi connectivity index (χ0n) is 15.3. The van der Waals surface area contributed by atoms with Gasteiger partial charge >= 0.3 is 6.18 Å². The van der Waals surface area contributed by atoms with Crippen LogP contribution in [0, 0.1) is 6.92 Å². The average molecular weight is 412 g/mol. The maximum atomic E-state index is 12.8. The molecule has 2 N–H and O–H groups in total. The van der Waals surface area contributed by atoms with Crippen molar-refractivity contribution in [2.24, 2.45) is 0 Å². The van der Waals surface area contributed by atoms with Crippen LogP contribution in [0.5, 0.6) is 0 Å². The summed E-state index contributed by atoms with van der Waals surface area (Å²) in [6.45, 7) is 2.54. The van der Waals surface area contributed by atoms with Crippen molar-refractivity contribution >= 4 is 18.3 Å². The van der Waals surface area contributed by atoms with Gasteiger partial charge in [-0.05, 0) is 61.6 Å². The van der Waals surface area contributed by atoms with Gasteiger partial charge in [-0.2, -0.15) is 13.2 Å². The Morgan fingerprint density at radius 2 is 1.82 bits per heavy atom. The normalized spacial score (nSPS) is 24.3. The van der Waals surface area contributed by atoms with Gasteiger partial charge in [-0.3, -0.25) is 15.1 Å². The number of hydrogen-bond acceptors (Lipinski definition) is 3. The molecule has 2 aliphatic heterocycles. The van der Waals surface area contributed by atoms with Crippen LogP contribution in [-0.4, -0.2) is 23.0 Å². The van der Waals surface area contributed by atoms with E-state index in [1.54, 1.807) is 0 Å². The number of amides is 1. The first kappa shape index (κ1) is 20.6. The fourth-order valence-corrected chi connectivity index (χ4v) is 4.03. The van der Waals surface area contributed by atoms with Crippen LogP contribution in [-0.2, 0) is 11.0 Å². The molecule has 0 unspecified atom stereocenters. The summed E-state index contributed by atoms with van der Waals surface area (Å²) >= 11 is 0. The van der Waals surface area contributed by atoms with E-state index in [0.717, 1.165) is 48.3 Å². The van der Waals surface area contributed by atoms with Gasteiger partial charge in [-0.1, -0.05) is 12.1 Å². The molecule has 2 aliphatic rings. The number of carbonyl (C=O) groups is 1. The van der Waals surface area contributed by atoms with E-state index in [4.69, 9.17) is 0 Å². The average Bonchev–Trinajstić information content (AvgIpc) is 3.21. The Hall–Kier alpha value is -2.12. The Kier molecular flexibility index (Phi) is 5.42. The molecule has 0 aliphatic carbocycles. The topological polar surface area (TPSA) is 54.0 Å². The van der Waals surface area contributed by atoms with Crippen LogP contribution in [0.1, 0.15) is 42.3 Å². The van der Waals surface area contributed by atoms with Gasteiger partial charge in [-0.15, -0.1) is 12.4 Å². The van der Waals surface area contributed by atoms with E-state index in [9.17, 15) is 18.0 Å². The summed E-state index contributed by atoms with van der Waals surface area (Å²) in [5.74, 6) is 0.0422. The lowest BCUT2D eigenvalue weighted by molar-refractivity contribution is -0.137. The van der Waals surface area contributed by atoms with Gasteiger partial charge in [0.2, 0.25) is 5.91 Å². The van der Waals surface area contributed by atoms with E-state index < -0.39 is 17.3 Å². The standard InChI is InChI=1S/C20H20F3N3O.ClH/c1-12-10-14(13-2-4-15(5-3-13)20(21,22)23)11-17(25-12)16-6-7-19(26-16)8-9-24-18(19)27;/h2-5,10-11,16,26H,6-9H2,1H3,(H,24,27);1H/t16-,19-;/m0./s1. The predicted octanol–water partition coefficient (Wildman–Crippen LogP) is 4.18. The van der Waals surface area contributed by atoms with Crippen molar-refractivity contribution in [1.29, 1.82) is 0 Å². The van der Waals surface area contributed by atoms with Crippen LogP contribution >= 0.6 is 12.4 Å². The second kappa shape index (κ2) is 7.37. The van der Waals surface area contributed by atoms with Crippen LogP contribution in [0.4, 0.5) is 13.2 Å². The van der Waals surface area contributed by atoms with Gasteiger partial charge in [0, 0.05) is 12.2 Å². The lowest BCUT2D eigenvalue weighted by Gasteiger charge is -2.22. The monoisotopic (exact) mass is 411 g/mol. The maximum Gasteiger partial charge on any atom is 0.416 e. The van der Waals surface area contributed by atoms with Crippen LogP contribution in [0.25, 0.3) is 11.1 Å². The second-order valence-electron chi connectivity index (χ2n) is 7.32. The molecule has 0 bridgehead atoms. The molecule has 2 fully saturated rings. The molecule has 2 saturated heterocycles. The summed E-state index contributed by atoms with van der Waals surface area (Å²) in [5.41, 5.74) is 1.97. The van der Waals surface area contributed by atoms with Crippen molar-refractivity contribution in [2.45, 2.75) is 43.9 Å². The molecule has 1 spiro atoms. The number of carbonyl (C=O) groups excluding carboxylic acids is 1. The number of rotatable bonds is 2. The third kappa shape index (κ3) is 3.73. The highest BCUT2D eigenvalue weighted by Gasteiger charge is 2.48. The summed E-state index contributed by atoms with van der Waals surface area (Å²) in [6, 6.07) is 8.87. The van der Waals surface area contributed by atoms with Crippen LogP contribution < -0.4 is 10.6 Å². The van der Waals surface area contributed by atoms with Crippen molar-refractivity contribution in [3.8, 4) is 11.1 Å². The van der Waals surface area contributed by atoms with Crippen molar-refractivity contribution < 1.29 is 18.0 Å². The molecule has 1 aromatic carbocycles. The fraction of sp³-hybridized carbons (Fsp3) is 0.400. The highest BCUT2D eigenvalue weighted by Crippen LogP contribution is 2.38. The minimum absolute atomic E-state index is 0. The lowest BCUT2D eigenvalue weighted by Crippen LogP contribution is -2.47. The highest BCUT2D eigenvalue weighted by atomic mass is 35.5. The molecule has 3 heterocycles. The number of aromatic nitrogens is 1. The van der Waals surface area contributed by atoms with E-state index in [2.05, 4.69) is 15.6 Å². The molecule has 2 aromatic rings. The van der Waals surface area contributed by atoms with Gasteiger partial charge in [0.25, 0.3) is 0 Å². The zero-order chi connectivity index (χ0) is 19.2. The number of aryl methyl sites for hydroxylation is 1. The molecule has 1 amide bonds. The first-order valence-electron chi connectivity index (χ1n) is 8.99. The Balaban J connectivity index is 0.00000225. The second-order valence-corrected chi connectivity index (χ2v) is 7.32. The molecular formula is C20H21ClF3N3O. The van der Waals surface area contributed by atoms with Gasteiger partial charge in [0.15, 0.2) is 0 Å². The molecule has 4 rings (SSSR count). The number of benzene rings is 1. The Morgan fingerprint density at radius 1 is 1.11 bits per heavy atom. The van der Waals surface area contributed by atoms with Crippen molar-refractivity contribution in [1.82, 2.24) is 15.6 Å². The number of hydrogen-bond donors (Lipinski definition) is 2. The van der Waals surface area contributed by atoms with Gasteiger partial charge in [0.1, 0.15) is 5.54 Å². The Bertz CT molecular complexity index is 885. The number of nitrogens with zero attached hydrogens (tertiary/aromatic N) is 1. The van der Waals surface area contributed by atoms with Gasteiger partial charge in [0.05, 0.1) is 17.3 Å². The van der Waals surface area contributed by atoms with E-state index in [1.807, 2.05) is 19.1 Å². The minimum Gasteiger partial charge on any atom is -0.354 e. The van der Waals surface area contributed by atoms with Gasteiger partial charge < -0.3 is 5.32 Å². The minimum atomic E-state index is -4.35. The number of halogens is 4. The summed E-state index contributed by atoms with van der Waals surface area (Å²) in [6.07, 6.45) is -2.02. The van der Waals surface area contributed by atoms with E-state index in [0.29, 0.717) is 12.1 Å². The SMILES string of the molecule is Cc1cc(-c2ccc(C(F)(F)F)cc2)cc([C@@H]2CC[C@@]3(CCNC3=O)N2)n1.Cl. The smallest absolute Gasteiger partial charge is 0.354 e. The summed E-state index contributed by atoms with van der Waals surface area (Å²) in [4.78, 5) is 16.8. The number of alkyl halides is 3. The third-order valence-electron chi connectivity index (χ3n) is 5.46. The number of nitrogens with one attached hydrogen (secondary N) is 2. The molecule has 4 nitrogen and oxygen atoms in total. The molecule has 2 atom stereocenters. The first-order valence-corrected chi connectivity index (χ1v) is 8.99. The van der Waals surface area contributed by atoms with E-state index in [-0.39, 0.29) is 24.4 Å². The third-order valence-corrected chi connectivity index (χ3v) is 5.46. The summed E-state index contributed by atoms with van der Waals surface area (Å²) in [7, 11) is 0. The van der Waals surface area contributed by atoms with Crippen LogP contribution in [0.2, 0.25) is 0 Å². The van der Waals surface area contributed by atoms with Crippen LogP contribution in [0.15, 0.2) is 36.4 Å². The largest absolute Gasteiger partial charge is 0.416 e. The summed E-state index contributed by atoms with van der Waals surface area (Å²) < 4.78 is 38.3. The lowest BCUT2D eigenvalue weighted by atomic mass is 9.96. The van der Waals surface area contributed by atoms with Crippen molar-refractivity contribution in [3.05, 3.63) is 53.3 Å². The van der Waals surface area contributed by atoms with Crippen molar-refractivity contribution in [2.75, 3.05) is 6.54 Å². The molecule has 1 aromatic heterocycles. The molecule has 0 radical (unpaired) electrons. The molecule has 28 heavy (non-hydrogen) atoms. The highest BCUT2D eigenvalue weighted by molar-refractivity contribution is 5.88. The predicted molar refractivity (Wildman–Crippen MR) is 102 cm³/mol.